The second-order valence-corrected chi connectivity index (χ2v) is 9.41. The average molecular weight is 433 g/mol. The zero-order valence-corrected chi connectivity index (χ0v) is 19.1. The van der Waals surface area contributed by atoms with E-state index in [-0.39, 0.29) is 0 Å². The molecule has 164 valence electrons. The molecule has 30 heavy (non-hydrogen) atoms. The predicted molar refractivity (Wildman–Crippen MR) is 121 cm³/mol. The fraction of sp³-hybridized carbons (Fsp3) is 0.478. The average Bonchev–Trinajstić information content (AvgIpc) is 2.76. The Bertz CT molecular complexity index is 825. The molecule has 0 radical (unpaired) electrons. The third-order valence-corrected chi connectivity index (χ3v) is 7.31. The fourth-order valence-corrected chi connectivity index (χ4v) is 5.49. The van der Waals surface area contributed by atoms with Crippen LogP contribution in [0.3, 0.4) is 0 Å². The van der Waals surface area contributed by atoms with Gasteiger partial charge >= 0.3 is 7.60 Å². The van der Waals surface area contributed by atoms with Crippen molar-refractivity contribution in [1.29, 1.82) is 0 Å². The highest BCUT2D eigenvalue weighted by atomic mass is 31.2. The van der Waals surface area contributed by atoms with E-state index in [1.54, 1.807) is 7.11 Å². The second-order valence-electron chi connectivity index (χ2n) is 7.36. The van der Waals surface area contributed by atoms with Crippen LogP contribution < -0.4 is 9.64 Å². The number of hydrogen-bond donors (Lipinski definition) is 0. The van der Waals surface area contributed by atoms with Crippen molar-refractivity contribution in [2.24, 2.45) is 0 Å². The van der Waals surface area contributed by atoms with Gasteiger partial charge in [0.25, 0.3) is 0 Å². The van der Waals surface area contributed by atoms with Gasteiger partial charge in [0.15, 0.2) is 0 Å². The van der Waals surface area contributed by atoms with Crippen LogP contribution in [0.25, 0.3) is 0 Å². The van der Waals surface area contributed by atoms with Crippen LogP contribution >= 0.6 is 7.60 Å². The fourth-order valence-electron chi connectivity index (χ4n) is 3.79. The van der Waals surface area contributed by atoms with E-state index in [0.29, 0.717) is 19.4 Å². The van der Waals surface area contributed by atoms with Gasteiger partial charge in [-0.2, -0.15) is 0 Å². The van der Waals surface area contributed by atoms with Gasteiger partial charge in [-0.1, -0.05) is 36.4 Å². The minimum atomic E-state index is -3.06. The van der Waals surface area contributed by atoms with Crippen molar-refractivity contribution in [2.45, 2.75) is 26.6 Å². The third-order valence-electron chi connectivity index (χ3n) is 5.26. The molecule has 0 N–H and O–H groups in total. The van der Waals surface area contributed by atoms with Crippen molar-refractivity contribution < 1.29 is 18.3 Å². The monoisotopic (exact) mass is 432 g/mol. The van der Waals surface area contributed by atoms with E-state index in [4.69, 9.17) is 13.8 Å². The van der Waals surface area contributed by atoms with Crippen LogP contribution in [0.2, 0.25) is 0 Å². The maximum atomic E-state index is 12.7. The molecule has 1 aliphatic heterocycles. The minimum absolute atomic E-state index is 0.312. The molecule has 6 nitrogen and oxygen atoms in total. The van der Waals surface area contributed by atoms with Gasteiger partial charge in [-0.05, 0) is 37.1 Å². The summed E-state index contributed by atoms with van der Waals surface area (Å²) < 4.78 is 29.0. The largest absolute Gasteiger partial charge is 0.495 e. The van der Waals surface area contributed by atoms with E-state index in [2.05, 4.69) is 34.1 Å². The van der Waals surface area contributed by atoms with Crippen LogP contribution in [0.1, 0.15) is 25.0 Å². The van der Waals surface area contributed by atoms with Crippen LogP contribution in [-0.2, 0) is 26.3 Å². The normalized spacial score (nSPS) is 15.4. The SMILES string of the molecule is CCOP(=O)(Cc1ccc(CN2CCN(c3ccccc3OC)CC2)cc1)OCC. The first-order chi connectivity index (χ1) is 14.6. The molecule has 0 saturated carbocycles. The third kappa shape index (κ3) is 6.08. The zero-order valence-electron chi connectivity index (χ0n) is 18.3. The number of piperazine rings is 1. The van der Waals surface area contributed by atoms with Crippen LogP contribution in [0.4, 0.5) is 5.69 Å². The Morgan fingerprint density at radius 1 is 0.867 bits per heavy atom. The molecule has 1 saturated heterocycles. The minimum Gasteiger partial charge on any atom is -0.495 e. The number of rotatable bonds is 10. The number of hydrogen-bond acceptors (Lipinski definition) is 6. The molecule has 1 fully saturated rings. The van der Waals surface area contributed by atoms with Gasteiger partial charge in [0, 0.05) is 32.7 Å². The lowest BCUT2D eigenvalue weighted by atomic mass is 10.1. The van der Waals surface area contributed by atoms with Crippen LogP contribution in [0, 0.1) is 0 Å². The molecular formula is C23H33N2O4P. The van der Waals surface area contributed by atoms with Crippen molar-refractivity contribution in [3.05, 3.63) is 59.7 Å². The lowest BCUT2D eigenvalue weighted by Gasteiger charge is -2.36. The summed E-state index contributed by atoms with van der Waals surface area (Å²) in [6.45, 7) is 9.31. The number of ether oxygens (including phenoxy) is 1. The van der Waals surface area contributed by atoms with E-state index in [1.165, 1.54) is 5.56 Å². The van der Waals surface area contributed by atoms with Crippen molar-refractivity contribution in [1.82, 2.24) is 4.90 Å². The van der Waals surface area contributed by atoms with Gasteiger partial charge < -0.3 is 18.7 Å². The first-order valence-corrected chi connectivity index (χ1v) is 12.4. The smallest absolute Gasteiger partial charge is 0.335 e. The van der Waals surface area contributed by atoms with E-state index in [9.17, 15) is 4.57 Å². The van der Waals surface area contributed by atoms with E-state index >= 15 is 0 Å². The molecule has 2 aromatic carbocycles. The van der Waals surface area contributed by atoms with E-state index < -0.39 is 7.60 Å². The summed E-state index contributed by atoms with van der Waals surface area (Å²) in [7, 11) is -1.34. The molecule has 1 heterocycles. The first-order valence-electron chi connectivity index (χ1n) is 10.6. The highest BCUT2D eigenvalue weighted by Crippen LogP contribution is 2.51. The van der Waals surface area contributed by atoms with Crippen molar-refractivity contribution >= 4 is 13.3 Å². The molecule has 0 aliphatic carbocycles. The number of nitrogens with zero attached hydrogens (tertiary/aromatic N) is 2. The topological polar surface area (TPSA) is 51.2 Å². The van der Waals surface area contributed by atoms with Crippen LogP contribution in [-0.4, -0.2) is 51.4 Å². The Morgan fingerprint density at radius 3 is 2.07 bits per heavy atom. The number of anilines is 1. The lowest BCUT2D eigenvalue weighted by Crippen LogP contribution is -2.46. The van der Waals surface area contributed by atoms with Crippen LogP contribution in [0.5, 0.6) is 5.75 Å². The maximum absolute atomic E-state index is 12.7. The Hall–Kier alpha value is -1.85. The summed E-state index contributed by atoms with van der Waals surface area (Å²) in [6, 6.07) is 16.5. The zero-order chi connectivity index (χ0) is 21.4. The Morgan fingerprint density at radius 2 is 1.47 bits per heavy atom. The summed E-state index contributed by atoms with van der Waals surface area (Å²) in [5.74, 6) is 0.929. The highest BCUT2D eigenvalue weighted by molar-refractivity contribution is 7.53. The van der Waals surface area contributed by atoms with Crippen molar-refractivity contribution in [3.63, 3.8) is 0 Å². The molecule has 0 spiro atoms. The summed E-state index contributed by atoms with van der Waals surface area (Å²) >= 11 is 0. The van der Waals surface area contributed by atoms with Gasteiger partial charge in [-0.3, -0.25) is 9.46 Å². The van der Waals surface area contributed by atoms with Crippen LogP contribution in [0.15, 0.2) is 48.5 Å². The summed E-state index contributed by atoms with van der Waals surface area (Å²) in [4.78, 5) is 4.85. The van der Waals surface area contributed by atoms with Gasteiger partial charge in [-0.25, -0.2) is 0 Å². The number of benzene rings is 2. The van der Waals surface area contributed by atoms with Gasteiger partial charge in [0.05, 0.1) is 32.2 Å². The molecule has 3 rings (SSSR count). The molecule has 0 aromatic heterocycles. The lowest BCUT2D eigenvalue weighted by molar-refractivity contribution is 0.219. The number of methoxy groups -OCH3 is 1. The predicted octanol–water partition coefficient (Wildman–Crippen LogP) is 4.78. The summed E-state index contributed by atoms with van der Waals surface area (Å²) in [5.41, 5.74) is 3.40. The number of para-hydroxylation sites is 2. The second kappa shape index (κ2) is 11.0. The molecule has 0 unspecified atom stereocenters. The summed E-state index contributed by atoms with van der Waals surface area (Å²) in [6.07, 6.45) is 0.312. The van der Waals surface area contributed by atoms with Gasteiger partial charge in [0.2, 0.25) is 0 Å². The molecule has 0 bridgehead atoms. The molecule has 0 atom stereocenters. The van der Waals surface area contributed by atoms with E-state index in [0.717, 1.165) is 49.7 Å². The first kappa shape index (κ1) is 22.8. The molecule has 0 amide bonds. The summed E-state index contributed by atoms with van der Waals surface area (Å²) in [5, 5.41) is 0. The van der Waals surface area contributed by atoms with E-state index in [1.807, 2.05) is 38.1 Å². The van der Waals surface area contributed by atoms with Crippen molar-refractivity contribution in [2.75, 3.05) is 51.4 Å². The molecule has 7 heteroatoms. The Kier molecular flexibility index (Phi) is 8.34. The Labute approximate surface area is 180 Å². The van der Waals surface area contributed by atoms with Gasteiger partial charge in [-0.15, -0.1) is 0 Å². The van der Waals surface area contributed by atoms with Crippen molar-refractivity contribution in [3.8, 4) is 5.75 Å². The molecular weight excluding hydrogens is 399 g/mol. The quantitative estimate of drug-likeness (QED) is 0.504. The highest BCUT2D eigenvalue weighted by Gasteiger charge is 2.24. The molecule has 2 aromatic rings. The molecule has 1 aliphatic rings. The standard InChI is InChI=1S/C23H33N2O4P/c1-4-28-30(26,29-5-2)19-21-12-10-20(11-13-21)18-24-14-16-25(17-15-24)22-8-6-7-9-23(22)27-3/h6-13H,4-5,14-19H2,1-3H3. The Balaban J connectivity index is 1.53. The van der Waals surface area contributed by atoms with Gasteiger partial charge in [0.1, 0.15) is 5.75 Å². The maximum Gasteiger partial charge on any atom is 0.335 e.